The minimum atomic E-state index is 0.265. The van der Waals surface area contributed by atoms with Crippen LogP contribution in [0.4, 0.5) is 5.82 Å². The lowest BCUT2D eigenvalue weighted by atomic mass is 10.2. The van der Waals surface area contributed by atoms with Gasteiger partial charge in [0.25, 0.3) is 0 Å². The van der Waals surface area contributed by atoms with Gasteiger partial charge in [-0.05, 0) is 6.92 Å². The van der Waals surface area contributed by atoms with Crippen LogP contribution in [0, 0.1) is 6.92 Å². The van der Waals surface area contributed by atoms with Crippen LogP contribution in [-0.4, -0.2) is 30.2 Å². The van der Waals surface area contributed by atoms with E-state index < -0.39 is 0 Å². The van der Waals surface area contributed by atoms with E-state index in [2.05, 4.69) is 15.3 Å². The molecule has 0 atom stereocenters. The lowest BCUT2D eigenvalue weighted by molar-refractivity contribution is 0.210. The van der Waals surface area contributed by atoms with E-state index in [1.807, 2.05) is 20.8 Å². The van der Waals surface area contributed by atoms with Gasteiger partial charge in [0.1, 0.15) is 16.8 Å². The monoisotopic (exact) mass is 243 g/mol. The zero-order valence-electron chi connectivity index (χ0n) is 10.2. The Kier molecular flexibility index (Phi) is 4.96. The third kappa shape index (κ3) is 3.32. The second kappa shape index (κ2) is 6.01. The number of nitrogens with zero attached hydrogens (tertiary/aromatic N) is 2. The summed E-state index contributed by atoms with van der Waals surface area (Å²) in [5.41, 5.74) is 0.877. The maximum atomic E-state index is 6.05. The molecule has 0 radical (unpaired) electrons. The molecule has 90 valence electrons. The minimum Gasteiger partial charge on any atom is -0.383 e. The van der Waals surface area contributed by atoms with Gasteiger partial charge in [0.15, 0.2) is 0 Å². The number of nitrogens with one attached hydrogen (secondary N) is 1. The van der Waals surface area contributed by atoms with Crippen LogP contribution in [0.2, 0.25) is 5.15 Å². The first-order valence-electron chi connectivity index (χ1n) is 5.33. The first kappa shape index (κ1) is 13.2. The van der Waals surface area contributed by atoms with Gasteiger partial charge in [-0.15, -0.1) is 0 Å². The highest BCUT2D eigenvalue weighted by atomic mass is 35.5. The molecule has 4 nitrogen and oxygen atoms in total. The van der Waals surface area contributed by atoms with E-state index in [9.17, 15) is 0 Å². The number of anilines is 1. The second-order valence-corrected chi connectivity index (χ2v) is 4.28. The van der Waals surface area contributed by atoms with Crippen molar-refractivity contribution in [2.75, 3.05) is 25.6 Å². The van der Waals surface area contributed by atoms with E-state index in [0.29, 0.717) is 18.3 Å². The van der Waals surface area contributed by atoms with Gasteiger partial charge in [-0.25, -0.2) is 9.97 Å². The summed E-state index contributed by atoms with van der Waals surface area (Å²) in [4.78, 5) is 8.69. The minimum absolute atomic E-state index is 0.265. The van der Waals surface area contributed by atoms with E-state index in [1.54, 1.807) is 7.11 Å². The zero-order chi connectivity index (χ0) is 12.1. The van der Waals surface area contributed by atoms with Gasteiger partial charge < -0.3 is 10.1 Å². The van der Waals surface area contributed by atoms with Crippen LogP contribution in [0.1, 0.15) is 31.2 Å². The van der Waals surface area contributed by atoms with Crippen LogP contribution in [-0.2, 0) is 4.74 Å². The molecule has 1 N–H and O–H groups in total. The summed E-state index contributed by atoms with van der Waals surface area (Å²) in [6, 6.07) is 0. The van der Waals surface area contributed by atoms with Gasteiger partial charge in [0, 0.05) is 25.1 Å². The second-order valence-electron chi connectivity index (χ2n) is 3.92. The summed E-state index contributed by atoms with van der Waals surface area (Å²) in [5.74, 6) is 1.82. The van der Waals surface area contributed by atoms with Gasteiger partial charge in [-0.1, -0.05) is 25.4 Å². The maximum absolute atomic E-state index is 6.05. The molecular formula is C11H18ClN3O. The van der Waals surface area contributed by atoms with Crippen molar-refractivity contribution in [1.82, 2.24) is 9.97 Å². The van der Waals surface area contributed by atoms with Crippen molar-refractivity contribution in [2.45, 2.75) is 26.7 Å². The van der Waals surface area contributed by atoms with Crippen LogP contribution >= 0.6 is 11.6 Å². The largest absolute Gasteiger partial charge is 0.383 e. The number of rotatable bonds is 5. The highest BCUT2D eigenvalue weighted by Gasteiger charge is 2.11. The molecule has 0 aliphatic carbocycles. The van der Waals surface area contributed by atoms with Crippen LogP contribution in [0.3, 0.4) is 0 Å². The fraction of sp³-hybridized carbons (Fsp3) is 0.636. The summed E-state index contributed by atoms with van der Waals surface area (Å²) in [6.45, 7) is 7.34. The first-order valence-corrected chi connectivity index (χ1v) is 5.71. The summed E-state index contributed by atoms with van der Waals surface area (Å²) in [7, 11) is 1.67. The van der Waals surface area contributed by atoms with Crippen molar-refractivity contribution in [3.05, 3.63) is 16.5 Å². The smallest absolute Gasteiger partial charge is 0.137 e. The molecule has 1 rings (SSSR count). The molecule has 1 aromatic rings. The molecule has 0 fully saturated rings. The third-order valence-electron chi connectivity index (χ3n) is 2.22. The molecule has 1 aromatic heterocycles. The molecule has 1 heterocycles. The Labute approximate surface area is 101 Å². The topological polar surface area (TPSA) is 47.0 Å². The van der Waals surface area contributed by atoms with E-state index in [4.69, 9.17) is 16.3 Å². The molecule has 0 saturated carbocycles. The Morgan fingerprint density at radius 1 is 1.38 bits per heavy atom. The van der Waals surface area contributed by atoms with Crippen LogP contribution in [0.15, 0.2) is 0 Å². The predicted octanol–water partition coefficient (Wildman–Crippen LogP) is 2.62. The van der Waals surface area contributed by atoms with E-state index >= 15 is 0 Å². The average Bonchev–Trinajstić information content (AvgIpc) is 2.24. The van der Waals surface area contributed by atoms with Crippen molar-refractivity contribution in [1.29, 1.82) is 0 Å². The number of hydrogen-bond donors (Lipinski definition) is 1. The highest BCUT2D eigenvalue weighted by Crippen LogP contribution is 2.22. The normalized spacial score (nSPS) is 10.9. The molecule has 0 aromatic carbocycles. The maximum Gasteiger partial charge on any atom is 0.137 e. The van der Waals surface area contributed by atoms with Crippen molar-refractivity contribution in [3.63, 3.8) is 0 Å². The summed E-state index contributed by atoms with van der Waals surface area (Å²) < 4.78 is 4.97. The Balaban J connectivity index is 2.88. The Morgan fingerprint density at radius 2 is 2.06 bits per heavy atom. The molecule has 16 heavy (non-hydrogen) atoms. The molecule has 0 bridgehead atoms. The van der Waals surface area contributed by atoms with Crippen LogP contribution < -0.4 is 5.32 Å². The fourth-order valence-electron chi connectivity index (χ4n) is 1.21. The summed E-state index contributed by atoms with van der Waals surface area (Å²) in [6.07, 6.45) is 0. The molecular weight excluding hydrogens is 226 g/mol. The molecule has 0 unspecified atom stereocenters. The first-order chi connectivity index (χ1) is 7.56. The van der Waals surface area contributed by atoms with Crippen molar-refractivity contribution in [2.24, 2.45) is 0 Å². The zero-order valence-corrected chi connectivity index (χ0v) is 10.9. The van der Waals surface area contributed by atoms with Gasteiger partial charge in [0.05, 0.1) is 6.61 Å². The Bertz CT molecular complexity index is 355. The molecule has 0 aliphatic rings. The molecule has 0 amide bonds. The summed E-state index contributed by atoms with van der Waals surface area (Å²) >= 11 is 6.05. The van der Waals surface area contributed by atoms with Crippen LogP contribution in [0.25, 0.3) is 0 Å². The Morgan fingerprint density at radius 3 is 2.62 bits per heavy atom. The van der Waals surface area contributed by atoms with E-state index in [-0.39, 0.29) is 5.92 Å². The van der Waals surface area contributed by atoms with Crippen molar-refractivity contribution in [3.8, 4) is 0 Å². The van der Waals surface area contributed by atoms with Crippen LogP contribution in [0.5, 0.6) is 0 Å². The fourth-order valence-corrected chi connectivity index (χ4v) is 1.38. The lowest BCUT2D eigenvalue weighted by Crippen LogP contribution is -2.12. The quantitative estimate of drug-likeness (QED) is 0.638. The molecule has 5 heteroatoms. The van der Waals surface area contributed by atoms with Gasteiger partial charge in [0.2, 0.25) is 0 Å². The average molecular weight is 244 g/mol. The standard InChI is InChI=1S/C11H18ClN3O/c1-7(2)10-14-9(12)8(3)11(15-10)13-5-6-16-4/h7H,5-6H2,1-4H3,(H,13,14,15). The number of methoxy groups -OCH3 is 1. The van der Waals surface area contributed by atoms with E-state index in [0.717, 1.165) is 17.2 Å². The number of aromatic nitrogens is 2. The molecule has 0 aliphatic heterocycles. The Hall–Kier alpha value is -0.870. The number of ether oxygens (including phenoxy) is 1. The van der Waals surface area contributed by atoms with Gasteiger partial charge >= 0.3 is 0 Å². The van der Waals surface area contributed by atoms with Gasteiger partial charge in [-0.2, -0.15) is 0 Å². The van der Waals surface area contributed by atoms with Crippen molar-refractivity contribution >= 4 is 17.4 Å². The lowest BCUT2D eigenvalue weighted by Gasteiger charge is -2.12. The van der Waals surface area contributed by atoms with E-state index in [1.165, 1.54) is 0 Å². The highest BCUT2D eigenvalue weighted by molar-refractivity contribution is 6.30. The number of halogens is 1. The molecule has 0 spiro atoms. The van der Waals surface area contributed by atoms with Gasteiger partial charge in [-0.3, -0.25) is 0 Å². The predicted molar refractivity (Wildman–Crippen MR) is 66.2 cm³/mol. The third-order valence-corrected chi connectivity index (χ3v) is 2.59. The number of hydrogen-bond acceptors (Lipinski definition) is 4. The SMILES string of the molecule is COCCNc1nc(C(C)C)nc(Cl)c1C. The van der Waals surface area contributed by atoms with Crippen molar-refractivity contribution < 1.29 is 4.74 Å². The molecule has 0 saturated heterocycles. The summed E-state index contributed by atoms with van der Waals surface area (Å²) in [5, 5.41) is 3.70.